The van der Waals surface area contributed by atoms with Gasteiger partial charge in [-0.25, -0.2) is 4.98 Å². The van der Waals surface area contributed by atoms with Gasteiger partial charge in [0.2, 0.25) is 5.95 Å². The maximum Gasteiger partial charge on any atom is 0.229 e. The number of nitrogens with one attached hydrogen (secondary N) is 2. The number of aliphatic hydroxyl groups is 1. The molecule has 25 heavy (non-hydrogen) atoms. The summed E-state index contributed by atoms with van der Waals surface area (Å²) in [6.45, 7) is 3.10. The lowest BCUT2D eigenvalue weighted by molar-refractivity contribution is 0.0758. The van der Waals surface area contributed by atoms with Crippen LogP contribution >= 0.6 is 0 Å². The molecule has 2 heterocycles. The molecule has 0 aliphatic carbocycles. The van der Waals surface area contributed by atoms with Crippen molar-refractivity contribution in [2.45, 2.75) is 18.9 Å². The van der Waals surface area contributed by atoms with E-state index in [1.54, 1.807) is 12.3 Å². The number of ether oxygens (including phenoxy) is 1. The number of benzene rings is 1. The van der Waals surface area contributed by atoms with Crippen molar-refractivity contribution in [3.63, 3.8) is 0 Å². The first-order valence-corrected chi connectivity index (χ1v) is 8.64. The van der Waals surface area contributed by atoms with Crippen LogP contribution in [0.15, 0.2) is 36.5 Å². The number of β-amino-alcohol motifs (C(OH)–C–C–N with tert-alkyl or cyclic N) is 1. The minimum absolute atomic E-state index is 0.283. The second-order valence-electron chi connectivity index (χ2n) is 6.14. The highest BCUT2D eigenvalue weighted by atomic mass is 16.5. The molecule has 1 aliphatic rings. The fourth-order valence-electron chi connectivity index (χ4n) is 2.86. The van der Waals surface area contributed by atoms with Crippen LogP contribution in [0.4, 0.5) is 17.5 Å². The fraction of sp³-hybridized carbons (Fsp3) is 0.444. The number of rotatable bonds is 8. The third kappa shape index (κ3) is 5.30. The molecule has 1 saturated heterocycles. The van der Waals surface area contributed by atoms with E-state index < -0.39 is 6.10 Å². The van der Waals surface area contributed by atoms with Crippen LogP contribution in [-0.4, -0.2) is 59.4 Å². The second kappa shape index (κ2) is 8.64. The van der Waals surface area contributed by atoms with Gasteiger partial charge in [-0.3, -0.25) is 0 Å². The van der Waals surface area contributed by atoms with Crippen molar-refractivity contribution in [2.75, 3.05) is 43.9 Å². The Balaban J connectivity index is 1.53. The van der Waals surface area contributed by atoms with Gasteiger partial charge in [-0.1, -0.05) is 6.07 Å². The monoisotopic (exact) mass is 343 g/mol. The first kappa shape index (κ1) is 17.4. The molecule has 0 unspecified atom stereocenters. The largest absolute Gasteiger partial charge is 0.491 e. The smallest absolute Gasteiger partial charge is 0.229 e. The van der Waals surface area contributed by atoms with Crippen molar-refractivity contribution >= 4 is 17.5 Å². The van der Waals surface area contributed by atoms with Gasteiger partial charge in [0.1, 0.15) is 24.3 Å². The Morgan fingerprint density at radius 2 is 2.12 bits per heavy atom. The maximum absolute atomic E-state index is 10.1. The van der Waals surface area contributed by atoms with Gasteiger partial charge in [-0.2, -0.15) is 4.98 Å². The molecule has 0 radical (unpaired) electrons. The molecule has 7 nitrogen and oxygen atoms in total. The number of likely N-dealkylation sites (tertiary alicyclic amines) is 1. The normalized spacial score (nSPS) is 15.8. The average Bonchev–Trinajstić information content (AvgIpc) is 3.13. The Bertz CT molecular complexity index is 676. The zero-order valence-electron chi connectivity index (χ0n) is 14.5. The molecule has 134 valence electrons. The van der Waals surface area contributed by atoms with E-state index in [9.17, 15) is 5.11 Å². The van der Waals surface area contributed by atoms with Crippen LogP contribution in [0, 0.1) is 0 Å². The summed E-state index contributed by atoms with van der Waals surface area (Å²) in [4.78, 5) is 10.8. The van der Waals surface area contributed by atoms with Crippen LogP contribution < -0.4 is 15.4 Å². The van der Waals surface area contributed by atoms with Crippen molar-refractivity contribution in [3.05, 3.63) is 36.5 Å². The molecule has 1 aromatic carbocycles. The molecule has 0 bridgehead atoms. The Morgan fingerprint density at radius 3 is 2.92 bits per heavy atom. The average molecular weight is 343 g/mol. The molecule has 0 amide bonds. The second-order valence-corrected chi connectivity index (χ2v) is 6.14. The first-order chi connectivity index (χ1) is 12.2. The number of aromatic nitrogens is 2. The van der Waals surface area contributed by atoms with Crippen LogP contribution in [0.1, 0.15) is 12.8 Å². The minimum Gasteiger partial charge on any atom is -0.491 e. The van der Waals surface area contributed by atoms with Crippen LogP contribution in [0.5, 0.6) is 5.75 Å². The number of aliphatic hydroxyl groups excluding tert-OH is 1. The highest BCUT2D eigenvalue weighted by Gasteiger charge is 2.16. The van der Waals surface area contributed by atoms with Crippen molar-refractivity contribution in [3.8, 4) is 5.75 Å². The van der Waals surface area contributed by atoms with Crippen LogP contribution in [0.25, 0.3) is 0 Å². The highest BCUT2D eigenvalue weighted by Crippen LogP contribution is 2.20. The van der Waals surface area contributed by atoms with Crippen LogP contribution in [0.2, 0.25) is 0 Å². The molecule has 2 aromatic rings. The van der Waals surface area contributed by atoms with Gasteiger partial charge in [0, 0.05) is 31.5 Å². The molecule has 1 atom stereocenters. The summed E-state index contributed by atoms with van der Waals surface area (Å²) in [5.41, 5.74) is 0.833. The number of hydrogen-bond donors (Lipinski definition) is 3. The predicted molar refractivity (Wildman–Crippen MR) is 98.5 cm³/mol. The predicted octanol–water partition coefficient (Wildman–Crippen LogP) is 2.10. The number of hydrogen-bond acceptors (Lipinski definition) is 7. The van der Waals surface area contributed by atoms with E-state index in [-0.39, 0.29) is 6.61 Å². The van der Waals surface area contributed by atoms with Gasteiger partial charge < -0.3 is 25.4 Å². The standard InChI is InChI=1S/C18H25N5O2/c1-19-17-7-8-20-18(22-17)21-14-5-4-6-16(11-14)25-13-15(24)12-23-9-2-3-10-23/h4-8,11,15,24H,2-3,9-10,12-13H2,1H3,(H2,19,20,21,22)/t15-/m0/s1. The zero-order chi connectivity index (χ0) is 17.5. The zero-order valence-corrected chi connectivity index (χ0v) is 14.5. The lowest BCUT2D eigenvalue weighted by Gasteiger charge is -2.19. The van der Waals surface area contributed by atoms with Gasteiger partial charge in [-0.05, 0) is 44.1 Å². The quantitative estimate of drug-likeness (QED) is 0.677. The number of anilines is 3. The van der Waals surface area contributed by atoms with E-state index in [1.807, 2.05) is 31.3 Å². The molecule has 3 rings (SSSR count). The van der Waals surface area contributed by atoms with Crippen molar-refractivity contribution in [1.82, 2.24) is 14.9 Å². The molecule has 0 saturated carbocycles. The molecule has 1 aromatic heterocycles. The van der Waals surface area contributed by atoms with Gasteiger partial charge in [0.05, 0.1) is 0 Å². The summed E-state index contributed by atoms with van der Waals surface area (Å²) in [5, 5.41) is 16.3. The third-order valence-corrected chi connectivity index (χ3v) is 4.11. The molecular formula is C18H25N5O2. The van der Waals surface area contributed by atoms with Crippen molar-refractivity contribution in [2.24, 2.45) is 0 Å². The van der Waals surface area contributed by atoms with Gasteiger partial charge in [0.25, 0.3) is 0 Å². The molecule has 1 aliphatic heterocycles. The topological polar surface area (TPSA) is 82.5 Å². The number of nitrogens with zero attached hydrogens (tertiary/aromatic N) is 3. The summed E-state index contributed by atoms with van der Waals surface area (Å²) in [6.07, 6.45) is 3.65. The van der Waals surface area contributed by atoms with E-state index in [1.165, 1.54) is 12.8 Å². The lowest BCUT2D eigenvalue weighted by Crippen LogP contribution is -2.33. The summed E-state index contributed by atoms with van der Waals surface area (Å²) < 4.78 is 5.73. The lowest BCUT2D eigenvalue weighted by atomic mass is 10.3. The Kier molecular flexibility index (Phi) is 6.03. The molecule has 7 heteroatoms. The summed E-state index contributed by atoms with van der Waals surface area (Å²) >= 11 is 0. The molecule has 0 spiro atoms. The Hall–Kier alpha value is -2.38. The Morgan fingerprint density at radius 1 is 1.28 bits per heavy atom. The van der Waals surface area contributed by atoms with E-state index >= 15 is 0 Å². The Labute approximate surface area is 148 Å². The van der Waals surface area contributed by atoms with Crippen LogP contribution in [0.3, 0.4) is 0 Å². The van der Waals surface area contributed by atoms with Gasteiger partial charge in [0.15, 0.2) is 0 Å². The molecule has 3 N–H and O–H groups in total. The third-order valence-electron chi connectivity index (χ3n) is 4.11. The van der Waals surface area contributed by atoms with E-state index in [2.05, 4.69) is 25.5 Å². The van der Waals surface area contributed by atoms with Gasteiger partial charge in [-0.15, -0.1) is 0 Å². The van der Waals surface area contributed by atoms with Gasteiger partial charge >= 0.3 is 0 Å². The summed E-state index contributed by atoms with van der Waals surface area (Å²) in [7, 11) is 1.81. The van der Waals surface area contributed by atoms with E-state index in [4.69, 9.17) is 4.74 Å². The van der Waals surface area contributed by atoms with Crippen molar-refractivity contribution < 1.29 is 9.84 Å². The summed E-state index contributed by atoms with van der Waals surface area (Å²) in [5.74, 6) is 1.96. The molecular weight excluding hydrogens is 318 g/mol. The minimum atomic E-state index is -0.481. The summed E-state index contributed by atoms with van der Waals surface area (Å²) in [6, 6.07) is 9.36. The fourth-order valence-corrected chi connectivity index (χ4v) is 2.86. The maximum atomic E-state index is 10.1. The van der Waals surface area contributed by atoms with Crippen molar-refractivity contribution in [1.29, 1.82) is 0 Å². The highest BCUT2D eigenvalue weighted by molar-refractivity contribution is 5.56. The van der Waals surface area contributed by atoms with Crippen LogP contribution in [-0.2, 0) is 0 Å². The molecule has 1 fully saturated rings. The first-order valence-electron chi connectivity index (χ1n) is 8.64. The van der Waals surface area contributed by atoms with E-state index in [0.29, 0.717) is 18.2 Å². The van der Waals surface area contributed by atoms with E-state index in [0.717, 1.165) is 24.6 Å². The SMILES string of the molecule is CNc1ccnc(Nc2cccc(OC[C@@H](O)CN3CCCC3)c2)n1.